The molecule has 1 aliphatic rings. The Morgan fingerprint density at radius 2 is 1.81 bits per heavy atom. The second kappa shape index (κ2) is 6.50. The molecule has 0 saturated carbocycles. The highest BCUT2D eigenvalue weighted by molar-refractivity contribution is 5.69. The van der Waals surface area contributed by atoms with Crippen molar-refractivity contribution in [3.05, 3.63) is 35.9 Å². The quantitative estimate of drug-likeness (QED) is 0.744. The van der Waals surface area contributed by atoms with Crippen LogP contribution in [0.2, 0.25) is 0 Å². The van der Waals surface area contributed by atoms with E-state index in [4.69, 9.17) is 4.74 Å². The third-order valence-corrected chi connectivity index (χ3v) is 3.98. The van der Waals surface area contributed by atoms with Gasteiger partial charge in [-0.15, -0.1) is 0 Å². The van der Waals surface area contributed by atoms with E-state index >= 15 is 0 Å². The summed E-state index contributed by atoms with van der Waals surface area (Å²) >= 11 is 0. The lowest BCUT2D eigenvalue weighted by atomic mass is 9.97. The van der Waals surface area contributed by atoms with Crippen LogP contribution in [0.4, 0.5) is 4.79 Å². The first-order valence-corrected chi connectivity index (χ1v) is 7.91. The molecule has 3 nitrogen and oxygen atoms in total. The highest BCUT2D eigenvalue weighted by Crippen LogP contribution is 2.33. The molecular weight excluding hydrogens is 262 g/mol. The molecule has 2 rings (SSSR count). The summed E-state index contributed by atoms with van der Waals surface area (Å²) in [4.78, 5) is 14.5. The predicted molar refractivity (Wildman–Crippen MR) is 85.1 cm³/mol. The predicted octanol–water partition coefficient (Wildman–Crippen LogP) is 4.78. The molecule has 1 saturated heterocycles. The number of carbonyl (C=O) groups is 1. The van der Waals surface area contributed by atoms with Gasteiger partial charge in [0.2, 0.25) is 0 Å². The molecule has 0 spiro atoms. The van der Waals surface area contributed by atoms with Gasteiger partial charge in [0.15, 0.2) is 0 Å². The first-order chi connectivity index (χ1) is 9.87. The van der Waals surface area contributed by atoms with Gasteiger partial charge in [-0.1, -0.05) is 37.3 Å². The minimum Gasteiger partial charge on any atom is -0.444 e. The van der Waals surface area contributed by atoms with Gasteiger partial charge in [0, 0.05) is 6.54 Å². The van der Waals surface area contributed by atoms with Gasteiger partial charge in [-0.3, -0.25) is 0 Å². The van der Waals surface area contributed by atoms with E-state index in [1.807, 2.05) is 43.9 Å². The maximum atomic E-state index is 12.6. The number of amides is 1. The van der Waals surface area contributed by atoms with Gasteiger partial charge in [0.05, 0.1) is 6.04 Å². The zero-order chi connectivity index (χ0) is 15.5. The summed E-state index contributed by atoms with van der Waals surface area (Å²) in [5.74, 6) is 0.656. The zero-order valence-corrected chi connectivity index (χ0v) is 13.6. The molecule has 0 aromatic heterocycles. The first kappa shape index (κ1) is 15.9. The molecule has 116 valence electrons. The Balaban J connectivity index is 2.22. The van der Waals surface area contributed by atoms with E-state index in [1.54, 1.807) is 0 Å². The fraction of sp³-hybridized carbons (Fsp3) is 0.611. The lowest BCUT2D eigenvalue weighted by Gasteiger charge is -2.32. The summed E-state index contributed by atoms with van der Waals surface area (Å²) in [6.07, 6.45) is 3.01. The van der Waals surface area contributed by atoms with E-state index < -0.39 is 5.60 Å². The van der Waals surface area contributed by atoms with Crippen molar-refractivity contribution in [1.82, 2.24) is 4.90 Å². The van der Waals surface area contributed by atoms with Crippen molar-refractivity contribution in [2.24, 2.45) is 5.92 Å². The molecule has 1 fully saturated rings. The summed E-state index contributed by atoms with van der Waals surface area (Å²) in [6, 6.07) is 10.4. The Labute approximate surface area is 128 Å². The van der Waals surface area contributed by atoms with Crippen molar-refractivity contribution in [3.63, 3.8) is 0 Å². The van der Waals surface area contributed by atoms with Crippen molar-refractivity contribution >= 4 is 6.09 Å². The fourth-order valence-electron chi connectivity index (χ4n) is 2.82. The molecule has 0 aliphatic carbocycles. The number of benzene rings is 1. The average Bonchev–Trinajstić information content (AvgIpc) is 2.60. The molecular formula is C18H27NO2. The largest absolute Gasteiger partial charge is 0.444 e. The topological polar surface area (TPSA) is 29.5 Å². The van der Waals surface area contributed by atoms with E-state index in [9.17, 15) is 4.79 Å². The second-order valence-corrected chi connectivity index (χ2v) is 7.07. The second-order valence-electron chi connectivity index (χ2n) is 7.07. The van der Waals surface area contributed by atoms with Gasteiger partial charge in [0.25, 0.3) is 0 Å². The summed E-state index contributed by atoms with van der Waals surface area (Å²) in [5.41, 5.74) is 0.758. The lowest BCUT2D eigenvalue weighted by molar-refractivity contribution is 0.0162. The van der Waals surface area contributed by atoms with Crippen molar-refractivity contribution < 1.29 is 9.53 Å². The molecule has 2 atom stereocenters. The van der Waals surface area contributed by atoms with Crippen LogP contribution in [0.1, 0.15) is 58.6 Å². The lowest BCUT2D eigenvalue weighted by Crippen LogP contribution is -2.39. The van der Waals surface area contributed by atoms with Crippen LogP contribution >= 0.6 is 0 Å². The highest BCUT2D eigenvalue weighted by atomic mass is 16.6. The number of carbonyl (C=O) groups excluding carboxylic acids is 1. The maximum absolute atomic E-state index is 12.6. The van der Waals surface area contributed by atoms with E-state index in [2.05, 4.69) is 19.1 Å². The molecule has 1 amide bonds. The Hall–Kier alpha value is -1.51. The fourth-order valence-corrected chi connectivity index (χ4v) is 2.82. The zero-order valence-electron chi connectivity index (χ0n) is 13.6. The Morgan fingerprint density at radius 3 is 2.43 bits per heavy atom. The molecule has 2 unspecified atom stereocenters. The first-order valence-electron chi connectivity index (χ1n) is 7.91. The average molecular weight is 289 g/mol. The maximum Gasteiger partial charge on any atom is 0.410 e. The smallest absolute Gasteiger partial charge is 0.410 e. The molecule has 1 aromatic rings. The summed E-state index contributed by atoms with van der Waals surface area (Å²) in [5, 5.41) is 0. The van der Waals surface area contributed by atoms with Crippen molar-refractivity contribution in [1.29, 1.82) is 0 Å². The Morgan fingerprint density at radius 1 is 1.14 bits per heavy atom. The van der Waals surface area contributed by atoms with Crippen LogP contribution in [0, 0.1) is 5.92 Å². The number of hydrogen-bond donors (Lipinski definition) is 0. The van der Waals surface area contributed by atoms with E-state index in [-0.39, 0.29) is 12.1 Å². The summed E-state index contributed by atoms with van der Waals surface area (Å²) < 4.78 is 5.61. The molecule has 0 N–H and O–H groups in total. The van der Waals surface area contributed by atoms with Crippen LogP contribution in [0.15, 0.2) is 30.3 Å². The van der Waals surface area contributed by atoms with Crippen molar-refractivity contribution in [3.8, 4) is 0 Å². The molecule has 21 heavy (non-hydrogen) atoms. The van der Waals surface area contributed by atoms with Crippen LogP contribution in [-0.4, -0.2) is 23.1 Å². The SMILES string of the molecule is CC1CCC(c2ccccc2)N(C(=O)OC(C)(C)C)CC1. The number of hydrogen-bond acceptors (Lipinski definition) is 2. The van der Waals surface area contributed by atoms with Crippen molar-refractivity contribution in [2.45, 2.75) is 58.6 Å². The van der Waals surface area contributed by atoms with Gasteiger partial charge >= 0.3 is 6.09 Å². The van der Waals surface area contributed by atoms with Gasteiger partial charge in [0.1, 0.15) is 5.60 Å². The van der Waals surface area contributed by atoms with Crippen LogP contribution in [0.25, 0.3) is 0 Å². The summed E-state index contributed by atoms with van der Waals surface area (Å²) in [6.45, 7) is 8.80. The molecule has 1 aromatic carbocycles. The third kappa shape index (κ3) is 4.48. The molecule has 1 aliphatic heterocycles. The molecule has 0 bridgehead atoms. The molecule has 0 radical (unpaired) electrons. The van der Waals surface area contributed by atoms with Crippen molar-refractivity contribution in [2.75, 3.05) is 6.54 Å². The number of likely N-dealkylation sites (tertiary alicyclic amines) is 1. The van der Waals surface area contributed by atoms with Gasteiger partial charge in [-0.2, -0.15) is 0 Å². The Bertz CT molecular complexity index is 464. The highest BCUT2D eigenvalue weighted by Gasteiger charge is 2.31. The standard InChI is InChI=1S/C18H27NO2/c1-14-10-11-16(15-8-6-5-7-9-15)19(13-12-14)17(20)21-18(2,3)4/h5-9,14,16H,10-13H2,1-4H3. The summed E-state index contributed by atoms with van der Waals surface area (Å²) in [7, 11) is 0. The van der Waals surface area contributed by atoms with Crippen LogP contribution in [0.3, 0.4) is 0 Å². The van der Waals surface area contributed by atoms with Gasteiger partial charge in [-0.05, 0) is 51.5 Å². The molecule has 1 heterocycles. The van der Waals surface area contributed by atoms with E-state index in [1.165, 1.54) is 5.56 Å². The Kier molecular flexibility index (Phi) is 4.92. The normalized spacial score (nSPS) is 23.5. The van der Waals surface area contributed by atoms with Crippen LogP contribution < -0.4 is 0 Å². The van der Waals surface area contributed by atoms with Crippen LogP contribution in [0.5, 0.6) is 0 Å². The molecule has 3 heteroatoms. The minimum atomic E-state index is -0.448. The van der Waals surface area contributed by atoms with Gasteiger partial charge in [-0.25, -0.2) is 4.79 Å². The number of nitrogens with zero attached hydrogens (tertiary/aromatic N) is 1. The van der Waals surface area contributed by atoms with E-state index in [0.717, 1.165) is 25.8 Å². The van der Waals surface area contributed by atoms with Crippen LogP contribution in [-0.2, 0) is 4.74 Å². The minimum absolute atomic E-state index is 0.131. The monoisotopic (exact) mass is 289 g/mol. The van der Waals surface area contributed by atoms with Gasteiger partial charge < -0.3 is 9.64 Å². The van der Waals surface area contributed by atoms with E-state index in [0.29, 0.717) is 5.92 Å². The number of rotatable bonds is 1. The third-order valence-electron chi connectivity index (χ3n) is 3.98. The number of ether oxygens (including phenoxy) is 1.